The Morgan fingerprint density at radius 2 is 2.44 bits per heavy atom. The van der Waals surface area contributed by atoms with Crippen molar-refractivity contribution in [2.75, 3.05) is 0 Å². The van der Waals surface area contributed by atoms with E-state index in [2.05, 4.69) is 5.32 Å². The lowest BCUT2D eigenvalue weighted by Crippen LogP contribution is -2.24. The minimum Gasteiger partial charge on any atom is -0.398 e. The maximum absolute atomic E-state index is 5.75. The third-order valence-electron chi connectivity index (χ3n) is 1.19. The van der Waals surface area contributed by atoms with E-state index in [1.807, 2.05) is 13.0 Å². The second kappa shape index (κ2) is 2.31. The third-order valence-corrected chi connectivity index (χ3v) is 1.66. The summed E-state index contributed by atoms with van der Waals surface area (Å²) in [5.74, 6) is 0. The van der Waals surface area contributed by atoms with Crippen LogP contribution in [0.4, 0.5) is 0 Å². The van der Waals surface area contributed by atoms with Gasteiger partial charge in [-0.25, -0.2) is 0 Å². The fraction of sp³-hybridized carbons (Fsp3) is 0.333. The zero-order chi connectivity index (χ0) is 6.85. The Hall–Kier alpha value is -0.630. The highest BCUT2D eigenvalue weighted by molar-refractivity contribution is 6.22. The monoisotopic (exact) mass is 144 g/mol. The van der Waals surface area contributed by atoms with Crippen molar-refractivity contribution in [2.45, 2.75) is 12.4 Å². The van der Waals surface area contributed by atoms with Gasteiger partial charge in [0.05, 0.1) is 0 Å². The largest absolute Gasteiger partial charge is 0.398 e. The molecule has 50 valence electrons. The predicted octanol–water partition coefficient (Wildman–Crippen LogP) is 0.901. The summed E-state index contributed by atoms with van der Waals surface area (Å²) in [6.07, 6.45) is 3.55. The second-order valence-electron chi connectivity index (χ2n) is 2.06. The topological polar surface area (TPSA) is 38.0 Å². The van der Waals surface area contributed by atoms with Crippen molar-refractivity contribution in [3.63, 3.8) is 0 Å². The summed E-state index contributed by atoms with van der Waals surface area (Å²) in [5, 5.41) is 2.89. The highest BCUT2D eigenvalue weighted by Gasteiger charge is 2.07. The Labute approximate surface area is 59.4 Å². The molecule has 0 radical (unpaired) electrons. The van der Waals surface area contributed by atoms with Crippen molar-refractivity contribution in [3.8, 4) is 0 Å². The van der Waals surface area contributed by atoms with Crippen molar-refractivity contribution in [1.29, 1.82) is 0 Å². The molecule has 1 rings (SSSR count). The molecule has 0 aromatic carbocycles. The first-order valence-corrected chi connectivity index (χ1v) is 3.18. The number of nitrogens with two attached hydrogens (primary N) is 1. The molecule has 0 aromatic heterocycles. The van der Waals surface area contributed by atoms with Gasteiger partial charge in [-0.1, -0.05) is 11.6 Å². The molecule has 1 aliphatic rings. The van der Waals surface area contributed by atoms with Gasteiger partial charge >= 0.3 is 0 Å². The number of rotatable bonds is 0. The number of allylic oxidation sites excluding steroid dienone is 1. The van der Waals surface area contributed by atoms with Gasteiger partial charge in [0.2, 0.25) is 0 Å². The van der Waals surface area contributed by atoms with Crippen LogP contribution in [-0.4, -0.2) is 5.50 Å². The van der Waals surface area contributed by atoms with E-state index >= 15 is 0 Å². The fourth-order valence-electron chi connectivity index (χ4n) is 0.679. The lowest BCUT2D eigenvalue weighted by molar-refractivity contribution is 0.836. The van der Waals surface area contributed by atoms with Crippen LogP contribution in [0.25, 0.3) is 0 Å². The molecule has 2 nitrogen and oxygen atoms in total. The zero-order valence-corrected chi connectivity index (χ0v) is 5.94. The Morgan fingerprint density at radius 1 is 1.78 bits per heavy atom. The van der Waals surface area contributed by atoms with Crippen molar-refractivity contribution >= 4 is 11.6 Å². The minimum atomic E-state index is -0.0858. The van der Waals surface area contributed by atoms with Gasteiger partial charge in [0.15, 0.2) is 0 Å². The maximum Gasteiger partial charge on any atom is 0.123 e. The molecule has 3 N–H and O–H groups in total. The average Bonchev–Trinajstić information content (AvgIpc) is 1.80. The second-order valence-corrected chi connectivity index (χ2v) is 2.50. The molecule has 0 bridgehead atoms. The average molecular weight is 145 g/mol. The van der Waals surface area contributed by atoms with Gasteiger partial charge in [0.25, 0.3) is 0 Å². The SMILES string of the molecule is CC1=CC(N)=CNC1Cl. The van der Waals surface area contributed by atoms with Crippen molar-refractivity contribution in [3.05, 3.63) is 23.5 Å². The molecule has 1 unspecified atom stereocenters. The molecule has 0 saturated carbocycles. The van der Waals surface area contributed by atoms with Crippen LogP contribution < -0.4 is 11.1 Å². The Balaban J connectivity index is 2.74. The van der Waals surface area contributed by atoms with E-state index < -0.39 is 0 Å². The van der Waals surface area contributed by atoms with Crippen LogP contribution in [0.3, 0.4) is 0 Å². The van der Waals surface area contributed by atoms with Gasteiger partial charge in [0.1, 0.15) is 5.50 Å². The lowest BCUT2D eigenvalue weighted by Gasteiger charge is -2.15. The number of nitrogens with one attached hydrogen (secondary N) is 1. The molecular weight excluding hydrogens is 136 g/mol. The van der Waals surface area contributed by atoms with Gasteiger partial charge < -0.3 is 11.1 Å². The smallest absolute Gasteiger partial charge is 0.123 e. The summed E-state index contributed by atoms with van der Waals surface area (Å²) in [6.45, 7) is 1.94. The number of dihydropyridines is 1. The molecule has 0 fully saturated rings. The molecule has 1 heterocycles. The summed E-state index contributed by atoms with van der Waals surface area (Å²) in [7, 11) is 0. The van der Waals surface area contributed by atoms with Gasteiger partial charge in [-0.2, -0.15) is 0 Å². The third kappa shape index (κ3) is 1.39. The molecule has 0 aliphatic carbocycles. The Kier molecular flexibility index (Phi) is 1.67. The van der Waals surface area contributed by atoms with Crippen LogP contribution in [0.15, 0.2) is 23.5 Å². The highest BCUT2D eigenvalue weighted by Crippen LogP contribution is 2.11. The molecule has 0 saturated heterocycles. The molecule has 9 heavy (non-hydrogen) atoms. The number of halogens is 1. The summed E-state index contributed by atoms with van der Waals surface area (Å²) < 4.78 is 0. The van der Waals surface area contributed by atoms with Gasteiger partial charge in [-0.05, 0) is 18.6 Å². The number of hydrogen-bond donors (Lipinski definition) is 2. The van der Waals surface area contributed by atoms with Crippen LogP contribution >= 0.6 is 11.6 Å². The molecular formula is C6H9ClN2. The van der Waals surface area contributed by atoms with E-state index in [1.165, 1.54) is 0 Å². The quantitative estimate of drug-likeness (QED) is 0.392. The zero-order valence-electron chi connectivity index (χ0n) is 5.19. The molecule has 3 heteroatoms. The first-order chi connectivity index (χ1) is 4.20. The van der Waals surface area contributed by atoms with E-state index in [-0.39, 0.29) is 5.50 Å². The normalized spacial score (nSPS) is 26.2. The number of alkyl halides is 1. The van der Waals surface area contributed by atoms with Crippen molar-refractivity contribution in [1.82, 2.24) is 5.32 Å². The van der Waals surface area contributed by atoms with E-state index in [1.54, 1.807) is 6.20 Å². The van der Waals surface area contributed by atoms with E-state index in [4.69, 9.17) is 17.3 Å². The molecule has 1 aliphatic heterocycles. The van der Waals surface area contributed by atoms with Crippen LogP contribution in [0.5, 0.6) is 0 Å². The summed E-state index contributed by atoms with van der Waals surface area (Å²) in [4.78, 5) is 0. The Bertz CT molecular complexity index is 172. The van der Waals surface area contributed by atoms with Crippen molar-refractivity contribution < 1.29 is 0 Å². The minimum absolute atomic E-state index is 0.0858. The maximum atomic E-state index is 5.75. The molecule has 0 amide bonds. The van der Waals surface area contributed by atoms with Gasteiger partial charge in [0, 0.05) is 11.9 Å². The summed E-state index contributed by atoms with van der Waals surface area (Å²) in [5.41, 5.74) is 7.14. The molecule has 0 spiro atoms. The van der Waals surface area contributed by atoms with Crippen LogP contribution in [-0.2, 0) is 0 Å². The standard InChI is InChI=1S/C6H9ClN2/c1-4-2-5(8)3-9-6(4)7/h2-3,6,9H,8H2,1H3. The van der Waals surface area contributed by atoms with E-state index in [9.17, 15) is 0 Å². The van der Waals surface area contributed by atoms with Crippen LogP contribution in [0, 0.1) is 0 Å². The number of hydrogen-bond acceptors (Lipinski definition) is 2. The molecule has 1 atom stereocenters. The fourth-order valence-corrected chi connectivity index (χ4v) is 0.805. The van der Waals surface area contributed by atoms with Crippen LogP contribution in [0.2, 0.25) is 0 Å². The first-order valence-electron chi connectivity index (χ1n) is 2.74. The lowest BCUT2D eigenvalue weighted by atomic mass is 10.2. The molecule has 0 aromatic rings. The summed E-state index contributed by atoms with van der Waals surface area (Å²) >= 11 is 5.75. The predicted molar refractivity (Wildman–Crippen MR) is 38.8 cm³/mol. The Morgan fingerprint density at radius 3 is 2.89 bits per heavy atom. The van der Waals surface area contributed by atoms with Crippen LogP contribution in [0.1, 0.15) is 6.92 Å². The van der Waals surface area contributed by atoms with E-state index in [0.29, 0.717) is 0 Å². The van der Waals surface area contributed by atoms with Gasteiger partial charge in [-0.15, -0.1) is 0 Å². The highest BCUT2D eigenvalue weighted by atomic mass is 35.5. The van der Waals surface area contributed by atoms with Crippen molar-refractivity contribution in [2.24, 2.45) is 5.73 Å². The first kappa shape index (κ1) is 6.49. The van der Waals surface area contributed by atoms with Gasteiger partial charge in [-0.3, -0.25) is 0 Å². The summed E-state index contributed by atoms with van der Waals surface area (Å²) in [6, 6.07) is 0. The van der Waals surface area contributed by atoms with E-state index in [0.717, 1.165) is 11.3 Å².